The van der Waals surface area contributed by atoms with Gasteiger partial charge in [0.1, 0.15) is 7.85 Å². The third kappa shape index (κ3) is 22.3. The van der Waals surface area contributed by atoms with E-state index in [4.69, 9.17) is 7.85 Å². The third-order valence-electron chi connectivity index (χ3n) is 0. The lowest BCUT2D eigenvalue weighted by molar-refractivity contribution is 4.01. The number of thiol groups is 1. The first-order valence-electron chi connectivity index (χ1n) is 0.716. The second-order valence-electron chi connectivity index (χ2n) is 0.338. The summed E-state index contributed by atoms with van der Waals surface area (Å²) in [6, 6.07) is 0. The van der Waals surface area contributed by atoms with Crippen molar-refractivity contribution in [2.75, 3.05) is 0 Å². The van der Waals surface area contributed by atoms with Gasteiger partial charge in [0, 0.05) is 0 Å². The number of rotatable bonds is 0. The van der Waals surface area contributed by atoms with Gasteiger partial charge in [0.2, 0.25) is 0 Å². The van der Waals surface area contributed by atoms with Gasteiger partial charge < -0.3 is 0 Å². The Labute approximate surface area is 37.4 Å². The van der Waals surface area contributed by atoms with E-state index in [1.165, 1.54) is 0 Å². The molecule has 0 unspecified atom stereocenters. The summed E-state index contributed by atoms with van der Waals surface area (Å²) in [5.74, 6) is 0. The lowest BCUT2D eigenvalue weighted by Gasteiger charge is -1.60. The predicted octanol–water partition coefficient (Wildman–Crippen LogP) is 0.370. The van der Waals surface area contributed by atoms with Crippen LogP contribution in [0.2, 0.25) is 0 Å². The van der Waals surface area contributed by atoms with Gasteiger partial charge in [0.05, 0.1) is 0 Å². The highest BCUT2D eigenvalue weighted by Gasteiger charge is 1.57. The minimum atomic E-state index is 0.194. The Balaban J connectivity index is 2.80. The van der Waals surface area contributed by atoms with Gasteiger partial charge in [-0.1, -0.05) is 12.2 Å². The van der Waals surface area contributed by atoms with E-state index in [0.29, 0.717) is 0 Å². The van der Waals surface area contributed by atoms with Gasteiger partial charge in [0.15, 0.2) is 0 Å². The Kier molecular flexibility index (Phi) is 2.02. The van der Waals surface area contributed by atoms with Crippen molar-refractivity contribution < 1.29 is 0 Å². The molecule has 0 heterocycles. The fourth-order valence-corrected chi connectivity index (χ4v) is 0. The second kappa shape index (κ2) is 1.79. The minimum Gasteiger partial charge on any atom is -0.148 e. The molecule has 0 aromatic rings. The van der Waals surface area contributed by atoms with Crippen LogP contribution in [0.5, 0.6) is 0 Å². The van der Waals surface area contributed by atoms with Crippen molar-refractivity contribution in [3.63, 3.8) is 0 Å². The Morgan fingerprint density at radius 1 is 2.00 bits per heavy atom. The van der Waals surface area contributed by atoms with E-state index in [-0.39, 0.29) is 4.10 Å². The first-order valence-corrected chi connectivity index (χ1v) is 1.57. The van der Waals surface area contributed by atoms with Crippen molar-refractivity contribution in [1.29, 1.82) is 0 Å². The molecule has 2 radical (unpaired) electrons. The largest absolute Gasteiger partial charge is 0.148 e. The molecular weight excluding hydrogens is 87.0 g/mol. The predicted molar refractivity (Wildman–Crippen MR) is 27.3 cm³/mol. The first-order chi connectivity index (χ1) is 1.73. The molecule has 0 bridgehead atoms. The van der Waals surface area contributed by atoms with Crippen molar-refractivity contribution in [3.05, 3.63) is 0 Å². The Morgan fingerprint density at radius 3 is 2.00 bits per heavy atom. The standard InChI is InChI=1S/CHBS2/c2-1(3)4/h(H,3,4). The molecule has 0 fully saturated rings. The first kappa shape index (κ1) is 4.50. The van der Waals surface area contributed by atoms with Crippen LogP contribution in [0.4, 0.5) is 0 Å². The van der Waals surface area contributed by atoms with Gasteiger partial charge in [-0.15, -0.1) is 12.6 Å². The maximum atomic E-state index is 4.71. The molecule has 0 saturated carbocycles. The van der Waals surface area contributed by atoms with Gasteiger partial charge in [-0.2, -0.15) is 0 Å². The van der Waals surface area contributed by atoms with Crippen LogP contribution in [0.25, 0.3) is 0 Å². The van der Waals surface area contributed by atoms with Crippen LogP contribution >= 0.6 is 24.8 Å². The van der Waals surface area contributed by atoms with E-state index in [0.717, 1.165) is 0 Å². The molecule has 0 nitrogen and oxygen atoms in total. The Hall–Kier alpha value is 0.505. The summed E-state index contributed by atoms with van der Waals surface area (Å²) in [6.45, 7) is 0. The highest BCUT2D eigenvalue weighted by Crippen LogP contribution is 1.67. The zero-order valence-electron chi connectivity index (χ0n) is 1.93. The summed E-state index contributed by atoms with van der Waals surface area (Å²) in [5, 5.41) is 0. The summed E-state index contributed by atoms with van der Waals surface area (Å²) in [4.78, 5) is 0. The normalized spacial score (nSPS) is 6.25. The maximum Gasteiger partial charge on any atom is 0.139 e. The second-order valence-corrected chi connectivity index (χ2v) is 1.56. The number of thiocarbonyl (C=S) groups is 1. The van der Waals surface area contributed by atoms with Crippen LogP contribution in [0, 0.1) is 0 Å². The average Bonchev–Trinajstić information content (AvgIpc) is 0.811. The monoisotopic (exact) mass is 88.0 g/mol. The number of hydrogen-bond acceptors (Lipinski definition) is 1. The van der Waals surface area contributed by atoms with Crippen molar-refractivity contribution in [2.45, 2.75) is 0 Å². The van der Waals surface area contributed by atoms with Crippen LogP contribution in [-0.2, 0) is 0 Å². The Bertz CT molecular complexity index is 29.0. The van der Waals surface area contributed by atoms with Crippen molar-refractivity contribution in [3.8, 4) is 0 Å². The fourth-order valence-electron chi connectivity index (χ4n) is 0. The van der Waals surface area contributed by atoms with Crippen molar-refractivity contribution >= 4 is 36.8 Å². The molecule has 0 aliphatic rings. The molecule has 0 aliphatic carbocycles. The van der Waals surface area contributed by atoms with Gasteiger partial charge in [-0.3, -0.25) is 0 Å². The van der Waals surface area contributed by atoms with E-state index in [9.17, 15) is 0 Å². The molecular formula is CHBS2. The van der Waals surface area contributed by atoms with Crippen molar-refractivity contribution in [1.82, 2.24) is 0 Å². The summed E-state index contributed by atoms with van der Waals surface area (Å²) < 4.78 is 0.194. The van der Waals surface area contributed by atoms with Crippen LogP contribution in [-0.4, -0.2) is 11.9 Å². The van der Waals surface area contributed by atoms with Gasteiger partial charge in [0.25, 0.3) is 0 Å². The van der Waals surface area contributed by atoms with Gasteiger partial charge in [-0.25, -0.2) is 0 Å². The molecule has 0 spiro atoms. The summed E-state index contributed by atoms with van der Waals surface area (Å²) in [6.07, 6.45) is 0. The zero-order valence-corrected chi connectivity index (χ0v) is 3.64. The average molecular weight is 88.0 g/mol. The third-order valence-corrected chi connectivity index (χ3v) is 0. The quantitative estimate of drug-likeness (QED) is 0.253. The van der Waals surface area contributed by atoms with Crippen LogP contribution in [0.1, 0.15) is 0 Å². The fraction of sp³-hybridized carbons (Fsp3) is 0. The zero-order chi connectivity index (χ0) is 3.58. The molecule has 0 rings (SSSR count). The number of hydrogen-bond donors (Lipinski definition) is 1. The highest BCUT2D eigenvalue weighted by atomic mass is 32.1. The molecule has 0 saturated heterocycles. The van der Waals surface area contributed by atoms with E-state index in [1.807, 2.05) is 0 Å². The molecule has 0 atom stereocenters. The lowest BCUT2D eigenvalue weighted by Crippen LogP contribution is -1.69. The van der Waals surface area contributed by atoms with E-state index in [2.05, 4.69) is 24.8 Å². The van der Waals surface area contributed by atoms with Crippen LogP contribution in [0.15, 0.2) is 0 Å². The molecule has 3 heteroatoms. The van der Waals surface area contributed by atoms with Crippen molar-refractivity contribution in [2.24, 2.45) is 0 Å². The topological polar surface area (TPSA) is 0 Å². The van der Waals surface area contributed by atoms with Gasteiger partial charge in [-0.05, 0) is 4.10 Å². The van der Waals surface area contributed by atoms with E-state index in [1.54, 1.807) is 0 Å². The molecule has 20 valence electrons. The molecule has 0 aliphatic heterocycles. The van der Waals surface area contributed by atoms with Crippen LogP contribution < -0.4 is 0 Å². The van der Waals surface area contributed by atoms with Crippen LogP contribution in [0.3, 0.4) is 0 Å². The summed E-state index contributed by atoms with van der Waals surface area (Å²) in [5.41, 5.74) is 0. The summed E-state index contributed by atoms with van der Waals surface area (Å²) >= 11 is 7.65. The van der Waals surface area contributed by atoms with Gasteiger partial charge >= 0.3 is 0 Å². The smallest absolute Gasteiger partial charge is 0.139 e. The lowest BCUT2D eigenvalue weighted by atomic mass is 10.2. The minimum absolute atomic E-state index is 0.194. The molecule has 0 aromatic heterocycles. The molecule has 0 amide bonds. The SMILES string of the molecule is [B]C(=S)S. The van der Waals surface area contributed by atoms with E-state index >= 15 is 0 Å². The highest BCUT2D eigenvalue weighted by molar-refractivity contribution is 8.14. The molecule has 4 heavy (non-hydrogen) atoms. The Morgan fingerprint density at radius 2 is 2.00 bits per heavy atom. The van der Waals surface area contributed by atoms with E-state index < -0.39 is 0 Å². The maximum absolute atomic E-state index is 4.71. The molecule has 0 N–H and O–H groups in total. The molecule has 0 aromatic carbocycles. The summed E-state index contributed by atoms with van der Waals surface area (Å²) in [7, 11) is 4.71.